The van der Waals surface area contributed by atoms with Crippen LogP contribution in [-0.4, -0.2) is 29.0 Å². The largest absolute Gasteiger partial charge is 0.346 e. The van der Waals surface area contributed by atoms with E-state index in [1.807, 2.05) is 6.92 Å². The van der Waals surface area contributed by atoms with Crippen LogP contribution in [0.2, 0.25) is 0 Å². The standard InChI is InChI=1S/C23H24N2O5S2/c1-16-7-11-22(12-8-16)32(29,30)25-20-6-4-5-19(15-20)23(26)24-17(2)18-9-13-21(14-10-18)31(3,27)28/h4-15,17,25H,1-3H3,(H,24,26)/t17-/m1/s1. The van der Waals surface area contributed by atoms with Crippen molar-refractivity contribution in [1.29, 1.82) is 0 Å². The number of amides is 1. The van der Waals surface area contributed by atoms with E-state index in [4.69, 9.17) is 0 Å². The molecule has 0 aliphatic rings. The highest BCUT2D eigenvalue weighted by Gasteiger charge is 2.16. The van der Waals surface area contributed by atoms with Gasteiger partial charge in [0.25, 0.3) is 15.9 Å². The molecule has 9 heteroatoms. The van der Waals surface area contributed by atoms with Gasteiger partial charge in [0.1, 0.15) is 0 Å². The third-order valence-electron chi connectivity index (χ3n) is 4.86. The topological polar surface area (TPSA) is 109 Å². The smallest absolute Gasteiger partial charge is 0.261 e. The number of sulfonamides is 1. The summed E-state index contributed by atoms with van der Waals surface area (Å²) in [6.07, 6.45) is 1.13. The maximum absolute atomic E-state index is 12.7. The van der Waals surface area contributed by atoms with Gasteiger partial charge in [0, 0.05) is 17.5 Å². The van der Waals surface area contributed by atoms with Gasteiger partial charge in [0.2, 0.25) is 0 Å². The van der Waals surface area contributed by atoms with Crippen LogP contribution in [0.15, 0.2) is 82.6 Å². The maximum Gasteiger partial charge on any atom is 0.261 e. The average Bonchev–Trinajstić information content (AvgIpc) is 2.73. The van der Waals surface area contributed by atoms with Gasteiger partial charge in [-0.05, 0) is 61.9 Å². The number of nitrogens with one attached hydrogen (secondary N) is 2. The van der Waals surface area contributed by atoms with Gasteiger partial charge in [-0.3, -0.25) is 9.52 Å². The van der Waals surface area contributed by atoms with Crippen LogP contribution in [0.4, 0.5) is 5.69 Å². The van der Waals surface area contributed by atoms with Crippen molar-refractivity contribution < 1.29 is 21.6 Å². The summed E-state index contributed by atoms with van der Waals surface area (Å²) in [7, 11) is -7.08. The molecule has 0 spiro atoms. The number of rotatable bonds is 7. The summed E-state index contributed by atoms with van der Waals surface area (Å²) >= 11 is 0. The first kappa shape index (κ1) is 23.5. The second kappa shape index (κ2) is 9.13. The van der Waals surface area contributed by atoms with Crippen molar-refractivity contribution in [2.75, 3.05) is 11.0 Å². The highest BCUT2D eigenvalue weighted by Crippen LogP contribution is 2.20. The second-order valence-electron chi connectivity index (χ2n) is 7.54. The summed E-state index contributed by atoms with van der Waals surface area (Å²) in [6.45, 7) is 3.64. The SMILES string of the molecule is Cc1ccc(S(=O)(=O)Nc2cccc(C(=O)N[C@H](C)c3ccc(S(C)(=O)=O)cc3)c2)cc1. The predicted molar refractivity (Wildman–Crippen MR) is 124 cm³/mol. The summed E-state index contributed by atoms with van der Waals surface area (Å²) in [5.74, 6) is -0.388. The summed E-state index contributed by atoms with van der Waals surface area (Å²) in [5, 5.41) is 2.83. The lowest BCUT2D eigenvalue weighted by Gasteiger charge is -2.15. The van der Waals surface area contributed by atoms with E-state index in [1.54, 1.807) is 49.4 Å². The number of hydrogen-bond acceptors (Lipinski definition) is 5. The van der Waals surface area contributed by atoms with Crippen molar-refractivity contribution in [3.05, 3.63) is 89.5 Å². The molecule has 0 fully saturated rings. The van der Waals surface area contributed by atoms with Crippen molar-refractivity contribution >= 4 is 31.5 Å². The Morgan fingerprint density at radius 2 is 1.44 bits per heavy atom. The molecule has 3 aromatic rings. The number of carbonyl (C=O) groups excluding carboxylic acids is 1. The van der Waals surface area contributed by atoms with Crippen LogP contribution < -0.4 is 10.0 Å². The number of anilines is 1. The maximum atomic E-state index is 12.7. The monoisotopic (exact) mass is 472 g/mol. The van der Waals surface area contributed by atoms with E-state index in [-0.39, 0.29) is 33.0 Å². The highest BCUT2D eigenvalue weighted by molar-refractivity contribution is 7.92. The Kier molecular flexibility index (Phi) is 6.71. The zero-order chi connectivity index (χ0) is 23.5. The first-order chi connectivity index (χ1) is 15.0. The minimum absolute atomic E-state index is 0.129. The molecule has 0 bridgehead atoms. The van der Waals surface area contributed by atoms with E-state index in [2.05, 4.69) is 10.0 Å². The Morgan fingerprint density at radius 3 is 2.03 bits per heavy atom. The molecule has 1 atom stereocenters. The molecule has 0 heterocycles. The van der Waals surface area contributed by atoms with Gasteiger partial charge in [0.15, 0.2) is 9.84 Å². The van der Waals surface area contributed by atoms with Crippen LogP contribution in [0.5, 0.6) is 0 Å². The number of sulfone groups is 1. The summed E-state index contributed by atoms with van der Waals surface area (Å²) in [4.78, 5) is 13.0. The van der Waals surface area contributed by atoms with Gasteiger partial charge in [-0.1, -0.05) is 35.9 Å². The van der Waals surface area contributed by atoms with E-state index in [0.717, 1.165) is 17.4 Å². The van der Waals surface area contributed by atoms with E-state index in [1.165, 1.54) is 30.3 Å². The molecular formula is C23H24N2O5S2. The van der Waals surface area contributed by atoms with Gasteiger partial charge in [-0.15, -0.1) is 0 Å². The van der Waals surface area contributed by atoms with Gasteiger partial charge in [-0.2, -0.15) is 0 Å². The third-order valence-corrected chi connectivity index (χ3v) is 7.39. The number of benzene rings is 3. The molecule has 0 saturated heterocycles. The molecular weight excluding hydrogens is 448 g/mol. The molecule has 1 amide bonds. The van der Waals surface area contributed by atoms with E-state index < -0.39 is 19.9 Å². The molecule has 32 heavy (non-hydrogen) atoms. The van der Waals surface area contributed by atoms with Crippen LogP contribution in [-0.2, 0) is 19.9 Å². The highest BCUT2D eigenvalue weighted by atomic mass is 32.2. The van der Waals surface area contributed by atoms with Crippen molar-refractivity contribution in [3.63, 3.8) is 0 Å². The quantitative estimate of drug-likeness (QED) is 0.545. The van der Waals surface area contributed by atoms with Gasteiger partial charge in [0.05, 0.1) is 15.8 Å². The Bertz CT molecular complexity index is 1330. The van der Waals surface area contributed by atoms with Crippen LogP contribution in [0.25, 0.3) is 0 Å². The molecule has 0 aliphatic heterocycles. The lowest BCUT2D eigenvalue weighted by atomic mass is 10.1. The van der Waals surface area contributed by atoms with Crippen LogP contribution in [0, 0.1) is 6.92 Å². The molecule has 0 aliphatic carbocycles. The van der Waals surface area contributed by atoms with Crippen LogP contribution in [0.3, 0.4) is 0 Å². The lowest BCUT2D eigenvalue weighted by molar-refractivity contribution is 0.0940. The fourth-order valence-electron chi connectivity index (χ4n) is 3.02. The summed E-state index contributed by atoms with van der Waals surface area (Å²) < 4.78 is 50.9. The third kappa shape index (κ3) is 5.74. The summed E-state index contributed by atoms with van der Waals surface area (Å²) in [5.41, 5.74) is 2.24. The average molecular weight is 473 g/mol. The molecule has 0 saturated carbocycles. The Labute approximate surface area is 188 Å². The molecule has 0 aromatic heterocycles. The lowest BCUT2D eigenvalue weighted by Crippen LogP contribution is -2.26. The van der Waals surface area contributed by atoms with Crippen molar-refractivity contribution in [2.24, 2.45) is 0 Å². The molecule has 3 aromatic carbocycles. The zero-order valence-corrected chi connectivity index (χ0v) is 19.5. The van der Waals surface area contributed by atoms with Gasteiger partial charge < -0.3 is 5.32 Å². The Balaban J connectivity index is 1.73. The minimum Gasteiger partial charge on any atom is -0.346 e. The first-order valence-corrected chi connectivity index (χ1v) is 13.1. The molecule has 0 unspecified atom stereocenters. The fourth-order valence-corrected chi connectivity index (χ4v) is 4.70. The summed E-state index contributed by atoms with van der Waals surface area (Å²) in [6, 6.07) is 18.6. The van der Waals surface area contributed by atoms with Gasteiger partial charge >= 0.3 is 0 Å². The van der Waals surface area contributed by atoms with Crippen LogP contribution >= 0.6 is 0 Å². The first-order valence-electron chi connectivity index (χ1n) is 9.76. The van der Waals surface area contributed by atoms with E-state index in [9.17, 15) is 21.6 Å². The van der Waals surface area contributed by atoms with E-state index >= 15 is 0 Å². The number of hydrogen-bond donors (Lipinski definition) is 2. The molecule has 2 N–H and O–H groups in total. The molecule has 3 rings (SSSR count). The Morgan fingerprint density at radius 1 is 0.844 bits per heavy atom. The molecule has 7 nitrogen and oxygen atoms in total. The van der Waals surface area contributed by atoms with Gasteiger partial charge in [-0.25, -0.2) is 16.8 Å². The second-order valence-corrected chi connectivity index (χ2v) is 11.2. The van der Waals surface area contributed by atoms with E-state index in [0.29, 0.717) is 0 Å². The fraction of sp³-hybridized carbons (Fsp3) is 0.174. The van der Waals surface area contributed by atoms with Crippen molar-refractivity contribution in [3.8, 4) is 0 Å². The Hall–Kier alpha value is -3.17. The predicted octanol–water partition coefficient (Wildman–Crippen LogP) is 3.69. The number of carbonyl (C=O) groups is 1. The zero-order valence-electron chi connectivity index (χ0n) is 17.9. The normalized spacial score (nSPS) is 12.7. The minimum atomic E-state index is -3.79. The van der Waals surface area contributed by atoms with Crippen molar-refractivity contribution in [2.45, 2.75) is 29.7 Å². The molecule has 168 valence electrons. The van der Waals surface area contributed by atoms with Crippen LogP contribution in [0.1, 0.15) is 34.5 Å². The molecule has 0 radical (unpaired) electrons. The van der Waals surface area contributed by atoms with Crippen molar-refractivity contribution in [1.82, 2.24) is 5.32 Å². The number of aryl methyl sites for hydroxylation is 1.